The number of aromatic carboxylic acids is 1. The maximum absolute atomic E-state index is 12.7. The summed E-state index contributed by atoms with van der Waals surface area (Å²) < 4.78 is 12.7. The van der Waals surface area contributed by atoms with Crippen molar-refractivity contribution in [3.05, 3.63) is 51.2 Å². The predicted octanol–water partition coefficient (Wildman–Crippen LogP) is 2.52. The van der Waals surface area contributed by atoms with Gasteiger partial charge >= 0.3 is 5.97 Å². The highest BCUT2D eigenvalue weighted by atomic mass is 32.1. The van der Waals surface area contributed by atoms with E-state index in [0.29, 0.717) is 5.01 Å². The van der Waals surface area contributed by atoms with E-state index in [4.69, 9.17) is 5.11 Å². The maximum Gasteiger partial charge on any atom is 0.356 e. The molecule has 0 aliphatic rings. The van der Waals surface area contributed by atoms with Crippen LogP contribution in [0.2, 0.25) is 0 Å². The number of halogens is 1. The summed E-state index contributed by atoms with van der Waals surface area (Å²) in [6.07, 6.45) is 0. The number of carboxylic acid groups (broad SMARTS) is 1. The first-order valence-electron chi connectivity index (χ1n) is 5.00. The molecule has 0 saturated carbocycles. The molecule has 0 saturated heterocycles. The molecule has 0 spiro atoms. The van der Waals surface area contributed by atoms with Crippen molar-refractivity contribution >= 4 is 23.1 Å². The first-order chi connectivity index (χ1) is 8.49. The number of ketones is 1. The van der Waals surface area contributed by atoms with Crippen LogP contribution in [0.1, 0.15) is 30.7 Å². The molecule has 18 heavy (non-hydrogen) atoms. The van der Waals surface area contributed by atoms with Gasteiger partial charge in [-0.05, 0) is 31.2 Å². The number of hydrogen-bond acceptors (Lipinski definition) is 4. The Labute approximate surface area is 106 Å². The largest absolute Gasteiger partial charge is 0.476 e. The highest BCUT2D eigenvalue weighted by Crippen LogP contribution is 2.22. The van der Waals surface area contributed by atoms with Crippen molar-refractivity contribution < 1.29 is 19.1 Å². The van der Waals surface area contributed by atoms with E-state index in [1.807, 2.05) is 0 Å². The lowest BCUT2D eigenvalue weighted by Gasteiger charge is -1.98. The van der Waals surface area contributed by atoms with Gasteiger partial charge in [-0.2, -0.15) is 0 Å². The zero-order chi connectivity index (χ0) is 13.3. The lowest BCUT2D eigenvalue weighted by Crippen LogP contribution is -2.07. The standard InChI is InChI=1S/C12H8FNO3S/c1-6-14-9(12(16)17)11(18-6)10(15)7-2-4-8(13)5-3-7/h2-5H,1H3,(H,16,17). The number of carboxylic acids is 1. The topological polar surface area (TPSA) is 67.3 Å². The third-order valence-electron chi connectivity index (χ3n) is 2.25. The molecular weight excluding hydrogens is 257 g/mol. The minimum Gasteiger partial charge on any atom is -0.476 e. The van der Waals surface area contributed by atoms with Crippen LogP contribution in [0.3, 0.4) is 0 Å². The Morgan fingerprint density at radius 2 is 1.89 bits per heavy atom. The van der Waals surface area contributed by atoms with Gasteiger partial charge in [0.25, 0.3) is 0 Å². The van der Waals surface area contributed by atoms with E-state index in [-0.39, 0.29) is 16.1 Å². The molecule has 0 aliphatic carbocycles. The molecule has 1 aromatic carbocycles. The van der Waals surface area contributed by atoms with Gasteiger partial charge in [-0.1, -0.05) is 0 Å². The number of nitrogens with zero attached hydrogens (tertiary/aromatic N) is 1. The van der Waals surface area contributed by atoms with E-state index in [0.717, 1.165) is 23.5 Å². The third-order valence-corrected chi connectivity index (χ3v) is 3.22. The summed E-state index contributed by atoms with van der Waals surface area (Å²) in [5.41, 5.74) is -0.0191. The second-order valence-electron chi connectivity index (χ2n) is 3.55. The monoisotopic (exact) mass is 265 g/mol. The Morgan fingerprint density at radius 1 is 1.28 bits per heavy atom. The van der Waals surface area contributed by atoms with Gasteiger partial charge in [-0.25, -0.2) is 14.2 Å². The van der Waals surface area contributed by atoms with Crippen LogP contribution in [-0.4, -0.2) is 21.8 Å². The fraction of sp³-hybridized carbons (Fsp3) is 0.0833. The lowest BCUT2D eigenvalue weighted by atomic mass is 10.1. The second kappa shape index (κ2) is 4.66. The number of rotatable bonds is 3. The summed E-state index contributed by atoms with van der Waals surface area (Å²) >= 11 is 1.01. The van der Waals surface area contributed by atoms with Crippen LogP contribution in [0.4, 0.5) is 4.39 Å². The number of hydrogen-bond donors (Lipinski definition) is 1. The summed E-state index contributed by atoms with van der Waals surface area (Å²) in [7, 11) is 0. The second-order valence-corrected chi connectivity index (χ2v) is 4.75. The fourth-order valence-electron chi connectivity index (χ4n) is 1.46. The van der Waals surface area contributed by atoms with Crippen LogP contribution in [-0.2, 0) is 0 Å². The molecular formula is C12H8FNO3S. The van der Waals surface area contributed by atoms with E-state index in [1.54, 1.807) is 6.92 Å². The van der Waals surface area contributed by atoms with Gasteiger partial charge in [0.1, 0.15) is 10.7 Å². The summed E-state index contributed by atoms with van der Waals surface area (Å²) in [5.74, 6) is -2.16. The van der Waals surface area contributed by atoms with E-state index >= 15 is 0 Å². The number of aromatic nitrogens is 1. The molecule has 0 fully saturated rings. The normalized spacial score (nSPS) is 10.3. The molecule has 0 atom stereocenters. The van der Waals surface area contributed by atoms with Crippen LogP contribution in [0.15, 0.2) is 24.3 Å². The minimum absolute atomic E-state index is 0.0617. The number of carbonyl (C=O) groups is 2. The molecule has 4 nitrogen and oxygen atoms in total. The average Bonchev–Trinajstić information content (AvgIpc) is 2.71. The molecule has 0 unspecified atom stereocenters. The van der Waals surface area contributed by atoms with Gasteiger partial charge in [-0.3, -0.25) is 4.79 Å². The van der Waals surface area contributed by atoms with E-state index in [1.165, 1.54) is 12.1 Å². The fourth-order valence-corrected chi connectivity index (χ4v) is 2.33. The lowest BCUT2D eigenvalue weighted by molar-refractivity contribution is 0.0687. The van der Waals surface area contributed by atoms with Crippen LogP contribution in [0, 0.1) is 12.7 Å². The smallest absolute Gasteiger partial charge is 0.356 e. The minimum atomic E-state index is -1.25. The van der Waals surface area contributed by atoms with Crippen molar-refractivity contribution in [3.8, 4) is 0 Å². The highest BCUT2D eigenvalue weighted by molar-refractivity contribution is 7.14. The summed E-state index contributed by atoms with van der Waals surface area (Å²) in [6, 6.07) is 4.94. The number of aryl methyl sites for hydroxylation is 1. The van der Waals surface area contributed by atoms with Gasteiger partial charge < -0.3 is 5.11 Å². The molecule has 1 N–H and O–H groups in total. The summed E-state index contributed by atoms with van der Waals surface area (Å²) in [6.45, 7) is 1.62. The molecule has 1 heterocycles. The molecule has 0 bridgehead atoms. The predicted molar refractivity (Wildman–Crippen MR) is 63.6 cm³/mol. The van der Waals surface area contributed by atoms with Gasteiger partial charge in [-0.15, -0.1) is 11.3 Å². The maximum atomic E-state index is 12.7. The Balaban J connectivity index is 2.45. The van der Waals surface area contributed by atoms with Gasteiger partial charge in [0.15, 0.2) is 5.69 Å². The molecule has 0 amide bonds. The SMILES string of the molecule is Cc1nc(C(=O)O)c(C(=O)c2ccc(F)cc2)s1. The van der Waals surface area contributed by atoms with Crippen molar-refractivity contribution in [2.24, 2.45) is 0 Å². The van der Waals surface area contributed by atoms with Gasteiger partial charge in [0, 0.05) is 5.56 Å². The van der Waals surface area contributed by atoms with Crippen LogP contribution < -0.4 is 0 Å². The molecule has 6 heteroatoms. The zero-order valence-corrected chi connectivity index (χ0v) is 10.1. The Morgan fingerprint density at radius 3 is 2.44 bits per heavy atom. The average molecular weight is 265 g/mol. The van der Waals surface area contributed by atoms with Crippen LogP contribution >= 0.6 is 11.3 Å². The Bertz CT molecular complexity index is 619. The van der Waals surface area contributed by atoms with Crippen molar-refractivity contribution in [1.29, 1.82) is 0 Å². The third kappa shape index (κ3) is 2.28. The molecule has 2 rings (SSSR count). The first kappa shape index (κ1) is 12.4. The van der Waals surface area contributed by atoms with Crippen molar-refractivity contribution in [2.75, 3.05) is 0 Å². The molecule has 0 aliphatic heterocycles. The quantitative estimate of drug-likeness (QED) is 0.866. The molecule has 0 radical (unpaired) electrons. The number of benzene rings is 1. The van der Waals surface area contributed by atoms with Crippen LogP contribution in [0.5, 0.6) is 0 Å². The molecule has 1 aromatic heterocycles. The summed E-state index contributed by atoms with van der Waals surface area (Å²) in [5, 5.41) is 9.45. The summed E-state index contributed by atoms with van der Waals surface area (Å²) in [4.78, 5) is 26.9. The van der Waals surface area contributed by atoms with E-state index < -0.39 is 17.6 Å². The molecule has 2 aromatic rings. The molecule has 92 valence electrons. The van der Waals surface area contributed by atoms with Crippen molar-refractivity contribution in [2.45, 2.75) is 6.92 Å². The van der Waals surface area contributed by atoms with Crippen molar-refractivity contribution in [3.63, 3.8) is 0 Å². The van der Waals surface area contributed by atoms with Crippen molar-refractivity contribution in [1.82, 2.24) is 4.98 Å². The number of carbonyl (C=O) groups excluding carboxylic acids is 1. The van der Waals surface area contributed by atoms with Gasteiger partial charge in [0.2, 0.25) is 5.78 Å². The van der Waals surface area contributed by atoms with Crippen LogP contribution in [0.25, 0.3) is 0 Å². The van der Waals surface area contributed by atoms with Gasteiger partial charge in [0.05, 0.1) is 5.01 Å². The highest BCUT2D eigenvalue weighted by Gasteiger charge is 2.22. The number of thiazole rings is 1. The first-order valence-corrected chi connectivity index (χ1v) is 5.81. The Hall–Kier alpha value is -2.08. The van der Waals surface area contributed by atoms with E-state index in [2.05, 4.69) is 4.98 Å². The Kier molecular flexibility index (Phi) is 3.20. The zero-order valence-electron chi connectivity index (χ0n) is 9.31. The van der Waals surface area contributed by atoms with E-state index in [9.17, 15) is 14.0 Å².